The average Bonchev–Trinajstić information content (AvgIpc) is 2.71. The topological polar surface area (TPSA) is 69.6 Å². The molecule has 0 fully saturated rings. The maximum atomic E-state index is 14.2. The molecule has 4 nitrogen and oxygen atoms in total. The van der Waals surface area contributed by atoms with E-state index in [9.17, 15) is 32.6 Å². The Morgan fingerprint density at radius 2 is 1.72 bits per heavy atom. The number of carbonyl (C=O) groups is 1. The van der Waals surface area contributed by atoms with Gasteiger partial charge in [0.2, 0.25) is 0 Å². The highest BCUT2D eigenvalue weighted by atomic mass is 19.4. The van der Waals surface area contributed by atoms with Crippen molar-refractivity contribution in [3.8, 4) is 5.75 Å². The summed E-state index contributed by atoms with van der Waals surface area (Å²) in [7, 11) is 0. The maximum Gasteiger partial charge on any atom is 0.419 e. The zero-order valence-corrected chi connectivity index (χ0v) is 17.3. The van der Waals surface area contributed by atoms with Crippen LogP contribution in [0.1, 0.15) is 47.8 Å². The van der Waals surface area contributed by atoms with E-state index in [0.717, 1.165) is 17.5 Å². The first-order valence-electron chi connectivity index (χ1n) is 9.96. The van der Waals surface area contributed by atoms with Crippen LogP contribution >= 0.6 is 0 Å². The molecule has 2 atom stereocenters. The molecule has 0 saturated carbocycles. The molecule has 4 rings (SSSR count). The Bertz CT molecular complexity index is 1220. The Morgan fingerprint density at radius 3 is 2.41 bits per heavy atom. The molecule has 1 aliphatic carbocycles. The van der Waals surface area contributed by atoms with Crippen LogP contribution in [-0.2, 0) is 5.41 Å². The second-order valence-corrected chi connectivity index (χ2v) is 8.78. The lowest BCUT2D eigenvalue weighted by atomic mass is 9.63. The number of hydrogen-bond acceptors (Lipinski definition) is 3. The lowest BCUT2D eigenvalue weighted by Gasteiger charge is -2.48. The quantitative estimate of drug-likeness (QED) is 0.477. The van der Waals surface area contributed by atoms with Gasteiger partial charge in [-0.3, -0.25) is 4.79 Å². The summed E-state index contributed by atoms with van der Waals surface area (Å²) in [5, 5.41) is 24.8. The van der Waals surface area contributed by atoms with Gasteiger partial charge in [0.1, 0.15) is 0 Å². The third-order valence-electron chi connectivity index (χ3n) is 6.14. The SMILES string of the molecule is CC1(C)C[C@](O)(C(F)(F)F)[C@H](NC(=O)c2cccc3ccccc23)c2ccc(F)c(O)c21. The first-order chi connectivity index (χ1) is 14.9. The second-order valence-electron chi connectivity index (χ2n) is 8.78. The van der Waals surface area contributed by atoms with Gasteiger partial charge in [-0.25, -0.2) is 4.39 Å². The molecule has 0 heterocycles. The highest BCUT2D eigenvalue weighted by Crippen LogP contribution is 2.55. The van der Waals surface area contributed by atoms with Crippen LogP contribution in [0, 0.1) is 5.82 Å². The Morgan fingerprint density at radius 1 is 1.06 bits per heavy atom. The summed E-state index contributed by atoms with van der Waals surface area (Å²) in [5.74, 6) is -2.61. The molecular formula is C24H21F4NO3. The van der Waals surface area contributed by atoms with Gasteiger partial charge in [-0.05, 0) is 40.3 Å². The number of amides is 1. The molecule has 3 aromatic rings. The number of aromatic hydroxyl groups is 1. The van der Waals surface area contributed by atoms with Crippen LogP contribution in [0.2, 0.25) is 0 Å². The van der Waals surface area contributed by atoms with Crippen molar-refractivity contribution in [2.24, 2.45) is 0 Å². The normalized spacial score (nSPS) is 22.4. The largest absolute Gasteiger partial charge is 0.505 e. The molecule has 0 aliphatic heterocycles. The van der Waals surface area contributed by atoms with Crippen LogP contribution in [0.25, 0.3) is 10.8 Å². The molecule has 3 N–H and O–H groups in total. The van der Waals surface area contributed by atoms with Crippen LogP contribution in [0.4, 0.5) is 17.6 Å². The van der Waals surface area contributed by atoms with Crippen LogP contribution in [0.5, 0.6) is 5.75 Å². The molecule has 3 aromatic carbocycles. The molecule has 0 spiro atoms. The Kier molecular flexibility index (Phi) is 4.97. The summed E-state index contributed by atoms with van der Waals surface area (Å²) >= 11 is 0. The minimum Gasteiger partial charge on any atom is -0.505 e. The number of aliphatic hydroxyl groups is 1. The van der Waals surface area contributed by atoms with Crippen molar-refractivity contribution >= 4 is 16.7 Å². The molecule has 0 saturated heterocycles. The highest BCUT2D eigenvalue weighted by Gasteiger charge is 2.64. The first kappa shape index (κ1) is 22.1. The van der Waals surface area contributed by atoms with E-state index in [-0.39, 0.29) is 16.7 Å². The van der Waals surface area contributed by atoms with Crippen LogP contribution in [0.3, 0.4) is 0 Å². The fourth-order valence-electron chi connectivity index (χ4n) is 4.75. The Hall–Kier alpha value is -3.13. The van der Waals surface area contributed by atoms with Crippen molar-refractivity contribution in [1.29, 1.82) is 0 Å². The van der Waals surface area contributed by atoms with E-state index in [1.165, 1.54) is 19.9 Å². The van der Waals surface area contributed by atoms with Gasteiger partial charge in [-0.2, -0.15) is 13.2 Å². The highest BCUT2D eigenvalue weighted by molar-refractivity contribution is 6.07. The predicted molar refractivity (Wildman–Crippen MR) is 111 cm³/mol. The van der Waals surface area contributed by atoms with E-state index in [2.05, 4.69) is 5.32 Å². The van der Waals surface area contributed by atoms with Gasteiger partial charge in [0, 0.05) is 11.1 Å². The minimum atomic E-state index is -5.11. The number of hydrogen-bond donors (Lipinski definition) is 3. The zero-order valence-electron chi connectivity index (χ0n) is 17.3. The van der Waals surface area contributed by atoms with Crippen LogP contribution < -0.4 is 5.32 Å². The van der Waals surface area contributed by atoms with E-state index < -0.39 is 47.1 Å². The first-order valence-corrected chi connectivity index (χ1v) is 9.96. The lowest BCUT2D eigenvalue weighted by Crippen LogP contribution is -2.60. The number of phenols is 1. The van der Waals surface area contributed by atoms with Gasteiger partial charge in [-0.1, -0.05) is 56.3 Å². The number of benzene rings is 3. The number of nitrogens with one attached hydrogen (secondary N) is 1. The zero-order chi connectivity index (χ0) is 23.5. The van der Waals surface area contributed by atoms with E-state index >= 15 is 0 Å². The van der Waals surface area contributed by atoms with Gasteiger partial charge in [0.15, 0.2) is 17.2 Å². The van der Waals surface area contributed by atoms with Crippen molar-refractivity contribution in [3.05, 3.63) is 77.1 Å². The van der Waals surface area contributed by atoms with Crippen LogP contribution in [-0.4, -0.2) is 27.9 Å². The molecule has 1 aliphatic rings. The fraction of sp³-hybridized carbons (Fsp3) is 0.292. The summed E-state index contributed by atoms with van der Waals surface area (Å²) in [5.41, 5.74) is -4.89. The number of rotatable bonds is 2. The maximum absolute atomic E-state index is 14.2. The molecule has 1 amide bonds. The second kappa shape index (κ2) is 7.20. The van der Waals surface area contributed by atoms with Crippen molar-refractivity contribution in [2.75, 3.05) is 0 Å². The number of carbonyl (C=O) groups excluding carboxylic acids is 1. The molecule has 0 unspecified atom stereocenters. The Balaban J connectivity index is 1.88. The van der Waals surface area contributed by atoms with Gasteiger partial charge >= 0.3 is 6.18 Å². The summed E-state index contributed by atoms with van der Waals surface area (Å²) in [4.78, 5) is 13.1. The van der Waals surface area contributed by atoms with Crippen molar-refractivity contribution in [3.63, 3.8) is 0 Å². The van der Waals surface area contributed by atoms with E-state index in [4.69, 9.17) is 0 Å². The fourth-order valence-corrected chi connectivity index (χ4v) is 4.75. The van der Waals surface area contributed by atoms with E-state index in [0.29, 0.717) is 5.39 Å². The summed E-state index contributed by atoms with van der Waals surface area (Å²) < 4.78 is 56.6. The van der Waals surface area contributed by atoms with Gasteiger partial charge in [-0.15, -0.1) is 0 Å². The molecule has 0 radical (unpaired) electrons. The molecule has 32 heavy (non-hydrogen) atoms. The number of halogens is 4. The minimum absolute atomic E-state index is 0.0744. The van der Waals surface area contributed by atoms with Crippen molar-refractivity contribution in [2.45, 2.75) is 43.5 Å². The third-order valence-corrected chi connectivity index (χ3v) is 6.14. The van der Waals surface area contributed by atoms with E-state index in [1.807, 2.05) is 0 Å². The standard InChI is InChI=1S/C24H21F4NO3/c1-22(2)12-23(32,24(26,27)28)20(16-10-11-17(25)19(30)18(16)22)29-21(31)15-9-5-7-13-6-3-4-8-14(13)15/h3-11,20,30,32H,12H2,1-2H3,(H,29,31)/t20-,23-/m1/s1. The van der Waals surface area contributed by atoms with Crippen molar-refractivity contribution in [1.82, 2.24) is 5.32 Å². The number of alkyl halides is 3. The van der Waals surface area contributed by atoms with Gasteiger partial charge < -0.3 is 15.5 Å². The molecule has 0 aromatic heterocycles. The average molecular weight is 447 g/mol. The smallest absolute Gasteiger partial charge is 0.419 e. The summed E-state index contributed by atoms with van der Waals surface area (Å²) in [6, 6.07) is 11.7. The van der Waals surface area contributed by atoms with E-state index in [1.54, 1.807) is 36.4 Å². The summed E-state index contributed by atoms with van der Waals surface area (Å²) in [6.07, 6.45) is -5.99. The van der Waals surface area contributed by atoms with Gasteiger partial charge in [0.25, 0.3) is 5.91 Å². The third kappa shape index (κ3) is 3.30. The molecular weight excluding hydrogens is 426 g/mol. The van der Waals surface area contributed by atoms with Crippen molar-refractivity contribution < 1.29 is 32.6 Å². The Labute approximate surface area is 181 Å². The number of phenolic OH excluding ortho intramolecular Hbond substituents is 1. The number of fused-ring (bicyclic) bond motifs is 2. The van der Waals surface area contributed by atoms with Gasteiger partial charge in [0.05, 0.1) is 6.04 Å². The monoisotopic (exact) mass is 447 g/mol. The summed E-state index contributed by atoms with van der Waals surface area (Å²) in [6.45, 7) is 2.76. The molecule has 0 bridgehead atoms. The molecule has 168 valence electrons. The molecule has 8 heteroatoms. The predicted octanol–water partition coefficient (Wildman–Crippen LogP) is 5.13. The van der Waals surface area contributed by atoms with Crippen LogP contribution in [0.15, 0.2) is 54.6 Å². The lowest BCUT2D eigenvalue weighted by molar-refractivity contribution is -0.280.